The highest BCUT2D eigenvalue weighted by Gasteiger charge is 2.45. The summed E-state index contributed by atoms with van der Waals surface area (Å²) in [5.41, 5.74) is 2.24. The Morgan fingerprint density at radius 2 is 2.10 bits per heavy atom. The summed E-state index contributed by atoms with van der Waals surface area (Å²) < 4.78 is 0. The minimum absolute atomic E-state index is 0.343. The van der Waals surface area contributed by atoms with Crippen LogP contribution in [0.1, 0.15) is 37.8 Å². The van der Waals surface area contributed by atoms with Crippen molar-refractivity contribution in [1.82, 2.24) is 5.32 Å². The van der Waals surface area contributed by atoms with E-state index in [0.717, 1.165) is 5.75 Å². The molecule has 3 heteroatoms. The fraction of sp³-hybridized carbons (Fsp3) is 0.588. The number of thioether (sulfide) groups is 1. The normalized spacial score (nSPS) is 17.8. The second-order valence-electron chi connectivity index (χ2n) is 6.21. The molecule has 1 unspecified atom stereocenters. The average Bonchev–Trinajstić information content (AvgIpc) is 3.20. The van der Waals surface area contributed by atoms with E-state index in [1.807, 2.05) is 11.8 Å². The molecule has 1 aliphatic carbocycles. The Balaban J connectivity index is 2.11. The molecule has 1 aromatic carbocycles. The Morgan fingerprint density at radius 1 is 1.40 bits per heavy atom. The Morgan fingerprint density at radius 3 is 2.60 bits per heavy atom. The summed E-state index contributed by atoms with van der Waals surface area (Å²) in [7, 11) is 0. The van der Waals surface area contributed by atoms with Crippen LogP contribution in [0.15, 0.2) is 23.1 Å². The van der Waals surface area contributed by atoms with Gasteiger partial charge in [0.2, 0.25) is 0 Å². The van der Waals surface area contributed by atoms with Gasteiger partial charge < -0.3 is 0 Å². The van der Waals surface area contributed by atoms with Crippen LogP contribution in [0.3, 0.4) is 0 Å². The first-order valence-electron chi connectivity index (χ1n) is 7.36. The van der Waals surface area contributed by atoms with E-state index in [0.29, 0.717) is 12.0 Å². The molecule has 0 amide bonds. The lowest BCUT2D eigenvalue weighted by atomic mass is 9.96. The standard InChI is InChI=1S/C17H24N2S/c1-12(2)19-17(10-18,15-6-7-15)11-20-16-8-5-13(3)9-14(16)4/h5,8-9,12,15,19H,6-7,11H2,1-4H3. The molecule has 1 atom stereocenters. The largest absolute Gasteiger partial charge is 0.296 e. The summed E-state index contributed by atoms with van der Waals surface area (Å²) in [5.74, 6) is 1.35. The molecular formula is C17H24N2S. The number of hydrogen-bond acceptors (Lipinski definition) is 3. The zero-order valence-electron chi connectivity index (χ0n) is 12.9. The first-order chi connectivity index (χ1) is 9.47. The van der Waals surface area contributed by atoms with Crippen LogP contribution in [0.25, 0.3) is 0 Å². The SMILES string of the molecule is Cc1ccc(SCC(C#N)(NC(C)C)C2CC2)c(C)c1. The van der Waals surface area contributed by atoms with Gasteiger partial charge in [-0.1, -0.05) is 17.7 Å². The molecule has 1 fully saturated rings. The number of nitrogens with zero attached hydrogens (tertiary/aromatic N) is 1. The van der Waals surface area contributed by atoms with Crippen LogP contribution >= 0.6 is 11.8 Å². The maximum absolute atomic E-state index is 9.70. The maximum atomic E-state index is 9.70. The lowest BCUT2D eigenvalue weighted by Gasteiger charge is -2.30. The predicted octanol–water partition coefficient (Wildman–Crippen LogP) is 4.07. The quantitative estimate of drug-likeness (QED) is 0.802. The van der Waals surface area contributed by atoms with Crippen molar-refractivity contribution in [3.8, 4) is 6.07 Å². The van der Waals surface area contributed by atoms with Crippen molar-refractivity contribution in [3.63, 3.8) is 0 Å². The van der Waals surface area contributed by atoms with Gasteiger partial charge in [0.25, 0.3) is 0 Å². The summed E-state index contributed by atoms with van der Waals surface area (Å²) >= 11 is 1.81. The summed E-state index contributed by atoms with van der Waals surface area (Å²) in [4.78, 5) is 1.29. The van der Waals surface area contributed by atoms with Gasteiger partial charge in [0.15, 0.2) is 0 Å². The smallest absolute Gasteiger partial charge is 0.119 e. The zero-order valence-corrected chi connectivity index (χ0v) is 13.7. The van der Waals surface area contributed by atoms with Gasteiger partial charge in [-0.25, -0.2) is 0 Å². The number of nitrogens with one attached hydrogen (secondary N) is 1. The van der Waals surface area contributed by atoms with Crippen molar-refractivity contribution in [2.45, 2.75) is 57.0 Å². The van der Waals surface area contributed by atoms with Gasteiger partial charge in [-0.05, 0) is 58.1 Å². The van der Waals surface area contributed by atoms with Gasteiger partial charge in [0.05, 0.1) is 6.07 Å². The summed E-state index contributed by atoms with van der Waals surface area (Å²) in [6, 6.07) is 9.46. The minimum Gasteiger partial charge on any atom is -0.296 e. The van der Waals surface area contributed by atoms with Crippen molar-refractivity contribution in [2.24, 2.45) is 5.92 Å². The molecule has 20 heavy (non-hydrogen) atoms. The molecule has 1 N–H and O–H groups in total. The van der Waals surface area contributed by atoms with E-state index in [1.54, 1.807) is 0 Å². The van der Waals surface area contributed by atoms with E-state index in [-0.39, 0.29) is 5.54 Å². The molecule has 2 nitrogen and oxygen atoms in total. The van der Waals surface area contributed by atoms with E-state index < -0.39 is 0 Å². The zero-order chi connectivity index (χ0) is 14.8. The highest BCUT2D eigenvalue weighted by Crippen LogP contribution is 2.42. The van der Waals surface area contributed by atoms with E-state index >= 15 is 0 Å². The van der Waals surface area contributed by atoms with Crippen LogP contribution < -0.4 is 5.32 Å². The second-order valence-corrected chi connectivity index (χ2v) is 7.23. The first-order valence-corrected chi connectivity index (χ1v) is 8.34. The fourth-order valence-electron chi connectivity index (χ4n) is 2.68. The lowest BCUT2D eigenvalue weighted by molar-refractivity contribution is 0.370. The van der Waals surface area contributed by atoms with Crippen LogP contribution in [0.2, 0.25) is 0 Å². The maximum Gasteiger partial charge on any atom is 0.119 e. The summed E-state index contributed by atoms with van der Waals surface area (Å²) in [6.45, 7) is 8.51. The Bertz CT molecular complexity index is 514. The minimum atomic E-state index is -0.365. The Hall–Kier alpha value is -0.980. The molecule has 0 aliphatic heterocycles. The number of rotatable bonds is 6. The predicted molar refractivity (Wildman–Crippen MR) is 86.0 cm³/mol. The van der Waals surface area contributed by atoms with Gasteiger partial charge in [-0.15, -0.1) is 11.8 Å². The van der Waals surface area contributed by atoms with E-state index in [4.69, 9.17) is 0 Å². The molecular weight excluding hydrogens is 264 g/mol. The van der Waals surface area contributed by atoms with Crippen molar-refractivity contribution in [1.29, 1.82) is 5.26 Å². The number of aryl methyl sites for hydroxylation is 2. The number of hydrogen-bond donors (Lipinski definition) is 1. The van der Waals surface area contributed by atoms with Gasteiger partial charge in [-0.2, -0.15) is 5.26 Å². The third kappa shape index (κ3) is 3.56. The van der Waals surface area contributed by atoms with Gasteiger partial charge in [-0.3, -0.25) is 5.32 Å². The highest BCUT2D eigenvalue weighted by molar-refractivity contribution is 7.99. The lowest BCUT2D eigenvalue weighted by Crippen LogP contribution is -2.51. The van der Waals surface area contributed by atoms with Crippen molar-refractivity contribution in [2.75, 3.05) is 5.75 Å². The Labute approximate surface area is 127 Å². The third-order valence-corrected chi connectivity index (χ3v) is 5.17. The number of benzene rings is 1. The van der Waals surface area contributed by atoms with Crippen LogP contribution in [-0.4, -0.2) is 17.3 Å². The van der Waals surface area contributed by atoms with Crippen molar-refractivity contribution >= 4 is 11.8 Å². The van der Waals surface area contributed by atoms with Crippen LogP contribution in [0, 0.1) is 31.1 Å². The highest BCUT2D eigenvalue weighted by atomic mass is 32.2. The topological polar surface area (TPSA) is 35.8 Å². The molecule has 108 valence electrons. The van der Waals surface area contributed by atoms with Crippen LogP contribution in [0.5, 0.6) is 0 Å². The van der Waals surface area contributed by atoms with Crippen molar-refractivity contribution in [3.05, 3.63) is 29.3 Å². The fourth-order valence-corrected chi connectivity index (χ4v) is 3.89. The molecule has 0 heterocycles. The Kier molecular flexibility index (Phi) is 4.78. The number of nitriles is 1. The van der Waals surface area contributed by atoms with Gasteiger partial charge >= 0.3 is 0 Å². The molecule has 1 aromatic rings. The molecule has 0 spiro atoms. The van der Waals surface area contributed by atoms with Crippen molar-refractivity contribution < 1.29 is 0 Å². The molecule has 2 rings (SSSR count). The van der Waals surface area contributed by atoms with E-state index in [2.05, 4.69) is 57.3 Å². The molecule has 0 bridgehead atoms. The van der Waals surface area contributed by atoms with Crippen LogP contribution in [-0.2, 0) is 0 Å². The molecule has 0 saturated heterocycles. The molecule has 0 radical (unpaired) electrons. The molecule has 1 saturated carbocycles. The first kappa shape index (κ1) is 15.4. The van der Waals surface area contributed by atoms with Crippen LogP contribution in [0.4, 0.5) is 0 Å². The monoisotopic (exact) mass is 288 g/mol. The molecule has 0 aromatic heterocycles. The second kappa shape index (κ2) is 6.20. The van der Waals surface area contributed by atoms with E-state index in [1.165, 1.54) is 28.9 Å². The summed E-state index contributed by atoms with van der Waals surface area (Å²) in [5, 5.41) is 13.2. The summed E-state index contributed by atoms with van der Waals surface area (Å²) in [6.07, 6.45) is 2.36. The van der Waals surface area contributed by atoms with Gasteiger partial charge in [0.1, 0.15) is 5.54 Å². The van der Waals surface area contributed by atoms with E-state index in [9.17, 15) is 5.26 Å². The average molecular weight is 288 g/mol. The van der Waals surface area contributed by atoms with Gasteiger partial charge in [0, 0.05) is 16.7 Å². The molecule has 1 aliphatic rings. The third-order valence-electron chi connectivity index (χ3n) is 3.81.